The van der Waals surface area contributed by atoms with Crippen molar-refractivity contribution in [3.8, 4) is 5.88 Å². The standard InChI is InChI=1S/C11H15BrN2O/c1-2-3-4-5-15-11-9(7-13)6-10(12)8-14-11/h2,6,8H,1,3-5,7,13H2. The van der Waals surface area contributed by atoms with Crippen LogP contribution in [0.4, 0.5) is 0 Å². The summed E-state index contributed by atoms with van der Waals surface area (Å²) in [5.41, 5.74) is 6.51. The van der Waals surface area contributed by atoms with Crippen LogP contribution in [0.25, 0.3) is 0 Å². The highest BCUT2D eigenvalue weighted by Crippen LogP contribution is 2.19. The van der Waals surface area contributed by atoms with Crippen LogP contribution in [0.1, 0.15) is 18.4 Å². The second-order valence-electron chi connectivity index (χ2n) is 3.10. The number of hydrogen-bond donors (Lipinski definition) is 1. The fourth-order valence-corrected chi connectivity index (χ4v) is 1.52. The van der Waals surface area contributed by atoms with Gasteiger partial charge in [0.15, 0.2) is 0 Å². The number of hydrogen-bond acceptors (Lipinski definition) is 3. The summed E-state index contributed by atoms with van der Waals surface area (Å²) < 4.78 is 6.44. The summed E-state index contributed by atoms with van der Waals surface area (Å²) in [6.45, 7) is 4.73. The number of nitrogens with zero attached hydrogens (tertiary/aromatic N) is 1. The summed E-state index contributed by atoms with van der Waals surface area (Å²) in [6.07, 6.45) is 5.49. The zero-order chi connectivity index (χ0) is 11.1. The van der Waals surface area contributed by atoms with Gasteiger partial charge in [0, 0.05) is 22.8 Å². The van der Waals surface area contributed by atoms with Crippen LogP contribution in [0.15, 0.2) is 29.4 Å². The second-order valence-corrected chi connectivity index (χ2v) is 4.02. The summed E-state index contributed by atoms with van der Waals surface area (Å²) in [4.78, 5) is 4.17. The zero-order valence-corrected chi connectivity index (χ0v) is 10.2. The molecule has 1 rings (SSSR count). The van der Waals surface area contributed by atoms with Crippen LogP contribution in [-0.2, 0) is 6.54 Å². The Bertz CT molecular complexity index is 328. The van der Waals surface area contributed by atoms with Gasteiger partial charge in [0.1, 0.15) is 0 Å². The van der Waals surface area contributed by atoms with E-state index in [0.717, 1.165) is 22.9 Å². The molecule has 0 aliphatic rings. The lowest BCUT2D eigenvalue weighted by molar-refractivity contribution is 0.297. The summed E-state index contributed by atoms with van der Waals surface area (Å²) in [5, 5.41) is 0. The van der Waals surface area contributed by atoms with Crippen molar-refractivity contribution in [1.29, 1.82) is 0 Å². The third-order valence-corrected chi connectivity index (χ3v) is 2.34. The Balaban J connectivity index is 2.55. The van der Waals surface area contributed by atoms with Gasteiger partial charge in [0.05, 0.1) is 6.61 Å². The Morgan fingerprint density at radius 1 is 1.60 bits per heavy atom. The molecule has 0 bridgehead atoms. The molecule has 3 nitrogen and oxygen atoms in total. The van der Waals surface area contributed by atoms with Crippen LogP contribution in [0.2, 0.25) is 0 Å². The van der Waals surface area contributed by atoms with Gasteiger partial charge in [-0.05, 0) is 34.8 Å². The number of unbranched alkanes of at least 4 members (excludes halogenated alkanes) is 1. The molecular weight excluding hydrogens is 256 g/mol. The largest absolute Gasteiger partial charge is 0.477 e. The Kier molecular flexibility index (Phi) is 5.36. The molecule has 0 atom stereocenters. The molecule has 0 unspecified atom stereocenters. The molecule has 4 heteroatoms. The first-order chi connectivity index (χ1) is 7.27. The second kappa shape index (κ2) is 6.58. The average molecular weight is 271 g/mol. The van der Waals surface area contributed by atoms with Crippen LogP contribution in [-0.4, -0.2) is 11.6 Å². The molecule has 0 aliphatic heterocycles. The fraction of sp³-hybridized carbons (Fsp3) is 0.364. The number of allylic oxidation sites excluding steroid dienone is 1. The number of ether oxygens (including phenoxy) is 1. The average Bonchev–Trinajstić information content (AvgIpc) is 2.26. The molecule has 0 aliphatic carbocycles. The minimum absolute atomic E-state index is 0.434. The Hall–Kier alpha value is -0.870. The van der Waals surface area contributed by atoms with Crippen molar-refractivity contribution in [2.45, 2.75) is 19.4 Å². The van der Waals surface area contributed by atoms with E-state index >= 15 is 0 Å². The van der Waals surface area contributed by atoms with Crippen LogP contribution in [0, 0.1) is 0 Å². The van der Waals surface area contributed by atoms with Crippen LogP contribution >= 0.6 is 15.9 Å². The summed E-state index contributed by atoms with van der Waals surface area (Å²) >= 11 is 3.34. The normalized spacial score (nSPS) is 10.0. The van der Waals surface area contributed by atoms with E-state index in [1.54, 1.807) is 6.20 Å². The van der Waals surface area contributed by atoms with E-state index in [9.17, 15) is 0 Å². The minimum atomic E-state index is 0.434. The van der Waals surface area contributed by atoms with E-state index in [4.69, 9.17) is 10.5 Å². The molecule has 82 valence electrons. The number of halogens is 1. The van der Waals surface area contributed by atoms with E-state index in [1.807, 2.05) is 12.1 Å². The Morgan fingerprint density at radius 2 is 2.40 bits per heavy atom. The maximum Gasteiger partial charge on any atom is 0.217 e. The topological polar surface area (TPSA) is 48.1 Å². The Morgan fingerprint density at radius 3 is 3.07 bits per heavy atom. The maximum atomic E-state index is 5.59. The SMILES string of the molecule is C=CCCCOc1ncc(Br)cc1CN. The molecule has 2 N–H and O–H groups in total. The number of aromatic nitrogens is 1. The molecule has 0 fully saturated rings. The highest BCUT2D eigenvalue weighted by atomic mass is 79.9. The van der Waals surface area contributed by atoms with Gasteiger partial charge in [-0.25, -0.2) is 4.98 Å². The third-order valence-electron chi connectivity index (χ3n) is 1.90. The van der Waals surface area contributed by atoms with Crippen molar-refractivity contribution >= 4 is 15.9 Å². The lowest BCUT2D eigenvalue weighted by atomic mass is 10.3. The van der Waals surface area contributed by atoms with Gasteiger partial charge in [0.25, 0.3) is 0 Å². The molecule has 0 saturated heterocycles. The van der Waals surface area contributed by atoms with Crippen molar-refractivity contribution in [3.63, 3.8) is 0 Å². The van der Waals surface area contributed by atoms with Crippen molar-refractivity contribution in [2.75, 3.05) is 6.61 Å². The number of rotatable bonds is 6. The zero-order valence-electron chi connectivity index (χ0n) is 8.58. The van der Waals surface area contributed by atoms with E-state index in [1.165, 1.54) is 0 Å². The van der Waals surface area contributed by atoms with Gasteiger partial charge in [-0.1, -0.05) is 6.08 Å². The first kappa shape index (κ1) is 12.2. The molecule has 15 heavy (non-hydrogen) atoms. The predicted molar refractivity (Wildman–Crippen MR) is 64.8 cm³/mol. The van der Waals surface area contributed by atoms with E-state index in [2.05, 4.69) is 27.5 Å². The molecule has 0 saturated carbocycles. The van der Waals surface area contributed by atoms with E-state index < -0.39 is 0 Å². The number of pyridine rings is 1. The molecule has 1 aromatic rings. The minimum Gasteiger partial charge on any atom is -0.477 e. The fourth-order valence-electron chi connectivity index (χ4n) is 1.14. The van der Waals surface area contributed by atoms with Crippen molar-refractivity contribution in [1.82, 2.24) is 4.98 Å². The first-order valence-electron chi connectivity index (χ1n) is 4.86. The quantitative estimate of drug-likeness (QED) is 0.639. The van der Waals surface area contributed by atoms with Crippen molar-refractivity contribution in [2.24, 2.45) is 5.73 Å². The molecule has 0 radical (unpaired) electrons. The lowest BCUT2D eigenvalue weighted by Gasteiger charge is -2.08. The monoisotopic (exact) mass is 270 g/mol. The van der Waals surface area contributed by atoms with Crippen LogP contribution < -0.4 is 10.5 Å². The molecule has 0 amide bonds. The molecule has 0 aromatic carbocycles. The van der Waals surface area contributed by atoms with Gasteiger partial charge in [0.2, 0.25) is 5.88 Å². The van der Waals surface area contributed by atoms with Crippen LogP contribution in [0.5, 0.6) is 5.88 Å². The van der Waals surface area contributed by atoms with Crippen LogP contribution in [0.3, 0.4) is 0 Å². The van der Waals surface area contributed by atoms with Crippen molar-refractivity contribution < 1.29 is 4.74 Å². The third kappa shape index (κ3) is 4.01. The summed E-state index contributed by atoms with van der Waals surface area (Å²) in [6, 6.07) is 1.93. The first-order valence-corrected chi connectivity index (χ1v) is 5.65. The molecule has 1 aromatic heterocycles. The molecule has 1 heterocycles. The predicted octanol–water partition coefficient (Wildman–Crippen LogP) is 2.65. The Labute approximate surface area is 98.5 Å². The highest BCUT2D eigenvalue weighted by molar-refractivity contribution is 9.10. The maximum absolute atomic E-state index is 5.59. The van der Waals surface area contributed by atoms with Gasteiger partial charge >= 0.3 is 0 Å². The number of nitrogens with two attached hydrogens (primary N) is 1. The van der Waals surface area contributed by atoms with E-state index in [0.29, 0.717) is 19.0 Å². The van der Waals surface area contributed by atoms with E-state index in [-0.39, 0.29) is 0 Å². The summed E-state index contributed by atoms with van der Waals surface area (Å²) in [5.74, 6) is 0.629. The smallest absolute Gasteiger partial charge is 0.217 e. The lowest BCUT2D eigenvalue weighted by Crippen LogP contribution is -2.05. The highest BCUT2D eigenvalue weighted by Gasteiger charge is 2.04. The molecular formula is C11H15BrN2O. The van der Waals surface area contributed by atoms with Crippen molar-refractivity contribution in [3.05, 3.63) is 35.0 Å². The van der Waals surface area contributed by atoms with Gasteiger partial charge in [-0.3, -0.25) is 0 Å². The summed E-state index contributed by atoms with van der Waals surface area (Å²) in [7, 11) is 0. The van der Waals surface area contributed by atoms with Gasteiger partial charge in [-0.2, -0.15) is 0 Å². The molecule has 0 spiro atoms. The van der Waals surface area contributed by atoms with Gasteiger partial charge in [-0.15, -0.1) is 6.58 Å². The van der Waals surface area contributed by atoms with Gasteiger partial charge < -0.3 is 10.5 Å².